The Kier molecular flexibility index (Phi) is 5.59. The van der Waals surface area contributed by atoms with E-state index in [1.807, 2.05) is 6.92 Å². The zero-order valence-electron chi connectivity index (χ0n) is 8.90. The molecule has 0 radical (unpaired) electrons. The van der Waals surface area contributed by atoms with E-state index in [4.69, 9.17) is 10.2 Å². The summed E-state index contributed by atoms with van der Waals surface area (Å²) in [6.45, 7) is 2.99. The molecule has 0 spiro atoms. The summed E-state index contributed by atoms with van der Waals surface area (Å²) in [5.41, 5.74) is 0. The highest BCUT2D eigenvalue weighted by Gasteiger charge is 2.36. The second-order valence-corrected chi connectivity index (χ2v) is 3.51. The lowest BCUT2D eigenvalue weighted by Gasteiger charge is -2.17. The summed E-state index contributed by atoms with van der Waals surface area (Å²) in [6.07, 6.45) is 1.60. The molecule has 0 aromatic rings. The minimum absolute atomic E-state index is 0.225. The zero-order valence-corrected chi connectivity index (χ0v) is 8.90. The van der Waals surface area contributed by atoms with Crippen LogP contribution in [0.1, 0.15) is 33.1 Å². The average molecular weight is 216 g/mol. The Balaban J connectivity index is 4.76. The molecule has 0 aromatic heterocycles. The highest BCUT2D eigenvalue weighted by atomic mass is 16.4. The number of rotatable bonds is 7. The number of carboxylic acids is 2. The number of unbranched alkanes of at least 4 members (excludes halogenated alkanes) is 1. The van der Waals surface area contributed by atoms with E-state index in [0.29, 0.717) is 6.42 Å². The maximum absolute atomic E-state index is 11.1. The maximum atomic E-state index is 11.1. The average Bonchev–Trinajstić information content (AvgIpc) is 2.09. The highest BCUT2D eigenvalue weighted by Crippen LogP contribution is 2.20. The van der Waals surface area contributed by atoms with Gasteiger partial charge in [-0.3, -0.25) is 14.4 Å². The first-order valence-corrected chi connectivity index (χ1v) is 4.87. The van der Waals surface area contributed by atoms with E-state index < -0.39 is 29.6 Å². The van der Waals surface area contributed by atoms with Crippen LogP contribution in [0.15, 0.2) is 0 Å². The quantitative estimate of drug-likeness (QED) is 0.623. The van der Waals surface area contributed by atoms with Crippen LogP contribution in [0.2, 0.25) is 0 Å². The third-order valence-electron chi connectivity index (χ3n) is 2.29. The fraction of sp³-hybridized carbons (Fsp3) is 0.700. The summed E-state index contributed by atoms with van der Waals surface area (Å²) in [7, 11) is 0. The Morgan fingerprint density at radius 3 is 1.93 bits per heavy atom. The molecular weight excluding hydrogens is 200 g/mol. The molecule has 5 nitrogen and oxygen atoms in total. The third kappa shape index (κ3) is 4.10. The van der Waals surface area contributed by atoms with Gasteiger partial charge in [-0.05, 0) is 13.3 Å². The molecule has 2 N–H and O–H groups in total. The molecule has 0 amide bonds. The van der Waals surface area contributed by atoms with Crippen LogP contribution in [-0.2, 0) is 14.4 Å². The normalized spacial score (nSPS) is 14.3. The van der Waals surface area contributed by atoms with Gasteiger partial charge in [0, 0.05) is 0 Å². The van der Waals surface area contributed by atoms with Crippen molar-refractivity contribution in [3.63, 3.8) is 0 Å². The standard InChI is InChI=1S/C10H16O5/c1-3-4-5-7(9(12)13)8(6(2)11)10(14)15/h7-8H,3-5H2,1-2H3,(H,12,13)(H,14,15). The minimum atomic E-state index is -1.42. The molecule has 0 aliphatic rings. The van der Waals surface area contributed by atoms with Gasteiger partial charge < -0.3 is 10.2 Å². The largest absolute Gasteiger partial charge is 0.481 e. The number of carboxylic acid groups (broad SMARTS) is 2. The SMILES string of the molecule is CCCCC(C(=O)O)C(C(C)=O)C(=O)O. The number of hydrogen-bond donors (Lipinski definition) is 2. The van der Waals surface area contributed by atoms with Crippen LogP contribution in [0.4, 0.5) is 0 Å². The van der Waals surface area contributed by atoms with Gasteiger partial charge in [0.2, 0.25) is 0 Å². The van der Waals surface area contributed by atoms with Crippen molar-refractivity contribution in [3.8, 4) is 0 Å². The monoisotopic (exact) mass is 216 g/mol. The van der Waals surface area contributed by atoms with E-state index in [-0.39, 0.29) is 6.42 Å². The van der Waals surface area contributed by atoms with Crippen molar-refractivity contribution in [3.05, 3.63) is 0 Å². The van der Waals surface area contributed by atoms with Crippen molar-refractivity contribution < 1.29 is 24.6 Å². The van der Waals surface area contributed by atoms with Crippen molar-refractivity contribution in [2.24, 2.45) is 11.8 Å². The minimum Gasteiger partial charge on any atom is -0.481 e. The first kappa shape index (κ1) is 13.6. The van der Waals surface area contributed by atoms with Crippen molar-refractivity contribution in [1.82, 2.24) is 0 Å². The summed E-state index contributed by atoms with van der Waals surface area (Å²) in [5.74, 6) is -5.71. The lowest BCUT2D eigenvalue weighted by Crippen LogP contribution is -2.34. The van der Waals surface area contributed by atoms with Crippen molar-refractivity contribution in [1.29, 1.82) is 0 Å². The fourth-order valence-corrected chi connectivity index (χ4v) is 1.49. The molecule has 5 heteroatoms. The number of carbonyl (C=O) groups excluding carboxylic acids is 1. The highest BCUT2D eigenvalue weighted by molar-refractivity contribution is 6.00. The third-order valence-corrected chi connectivity index (χ3v) is 2.29. The van der Waals surface area contributed by atoms with Gasteiger partial charge in [0.1, 0.15) is 11.7 Å². The topological polar surface area (TPSA) is 91.7 Å². The first-order valence-electron chi connectivity index (χ1n) is 4.87. The van der Waals surface area contributed by atoms with E-state index in [1.165, 1.54) is 0 Å². The van der Waals surface area contributed by atoms with Gasteiger partial charge >= 0.3 is 11.9 Å². The van der Waals surface area contributed by atoms with Gasteiger partial charge in [0.25, 0.3) is 0 Å². The lowest BCUT2D eigenvalue weighted by molar-refractivity contribution is -0.157. The van der Waals surface area contributed by atoms with Gasteiger partial charge in [-0.15, -0.1) is 0 Å². The van der Waals surface area contributed by atoms with Crippen LogP contribution in [0.3, 0.4) is 0 Å². The van der Waals surface area contributed by atoms with Crippen LogP contribution in [0.5, 0.6) is 0 Å². The van der Waals surface area contributed by atoms with Gasteiger partial charge in [-0.25, -0.2) is 0 Å². The molecule has 0 aliphatic carbocycles. The van der Waals surface area contributed by atoms with E-state index >= 15 is 0 Å². The predicted molar refractivity (Wildman–Crippen MR) is 52.5 cm³/mol. The summed E-state index contributed by atoms with van der Waals surface area (Å²) in [6, 6.07) is 0. The molecule has 0 fully saturated rings. The summed E-state index contributed by atoms with van der Waals surface area (Å²) in [5, 5.41) is 17.6. The molecule has 0 heterocycles. The van der Waals surface area contributed by atoms with Crippen molar-refractivity contribution >= 4 is 17.7 Å². The van der Waals surface area contributed by atoms with E-state index in [0.717, 1.165) is 13.3 Å². The van der Waals surface area contributed by atoms with Gasteiger partial charge in [0.15, 0.2) is 0 Å². The number of aliphatic carboxylic acids is 2. The Bertz CT molecular complexity index is 245. The van der Waals surface area contributed by atoms with Gasteiger partial charge in [-0.1, -0.05) is 19.8 Å². The van der Waals surface area contributed by atoms with E-state index in [2.05, 4.69) is 0 Å². The molecule has 2 unspecified atom stereocenters. The van der Waals surface area contributed by atoms with Gasteiger partial charge in [0.05, 0.1) is 5.92 Å². The van der Waals surface area contributed by atoms with E-state index in [9.17, 15) is 14.4 Å². The zero-order chi connectivity index (χ0) is 12.0. The second kappa shape index (κ2) is 6.16. The molecule has 0 saturated heterocycles. The smallest absolute Gasteiger partial charge is 0.314 e. The van der Waals surface area contributed by atoms with Crippen LogP contribution in [0.25, 0.3) is 0 Å². The molecule has 0 rings (SSSR count). The second-order valence-electron chi connectivity index (χ2n) is 3.51. The van der Waals surface area contributed by atoms with Crippen molar-refractivity contribution in [2.45, 2.75) is 33.1 Å². The fourth-order valence-electron chi connectivity index (χ4n) is 1.49. The molecule has 0 aromatic carbocycles. The Morgan fingerprint density at radius 1 is 1.13 bits per heavy atom. The number of carbonyl (C=O) groups is 3. The maximum Gasteiger partial charge on any atom is 0.314 e. The van der Waals surface area contributed by atoms with Gasteiger partial charge in [-0.2, -0.15) is 0 Å². The molecular formula is C10H16O5. The van der Waals surface area contributed by atoms with Crippen LogP contribution in [-0.4, -0.2) is 27.9 Å². The predicted octanol–water partition coefficient (Wildman–Crippen LogP) is 1.17. The van der Waals surface area contributed by atoms with E-state index in [1.54, 1.807) is 0 Å². The molecule has 0 saturated carbocycles. The summed E-state index contributed by atoms with van der Waals surface area (Å²) in [4.78, 5) is 32.7. The molecule has 86 valence electrons. The molecule has 15 heavy (non-hydrogen) atoms. The number of Topliss-reactive ketones (excluding diaryl/α,β-unsaturated/α-hetero) is 1. The van der Waals surface area contributed by atoms with Crippen molar-refractivity contribution in [2.75, 3.05) is 0 Å². The number of hydrogen-bond acceptors (Lipinski definition) is 3. The Morgan fingerprint density at radius 2 is 1.67 bits per heavy atom. The first-order chi connectivity index (χ1) is 6.91. The number of ketones is 1. The molecule has 2 atom stereocenters. The van der Waals surface area contributed by atoms with Crippen LogP contribution in [0, 0.1) is 11.8 Å². The molecule has 0 bridgehead atoms. The summed E-state index contributed by atoms with van der Waals surface area (Å²) < 4.78 is 0. The Hall–Kier alpha value is -1.39. The molecule has 0 aliphatic heterocycles. The van der Waals surface area contributed by atoms with Crippen LogP contribution >= 0.6 is 0 Å². The lowest BCUT2D eigenvalue weighted by atomic mass is 9.85. The van der Waals surface area contributed by atoms with Crippen LogP contribution < -0.4 is 0 Å². The summed E-state index contributed by atoms with van der Waals surface area (Å²) >= 11 is 0. The Labute approximate surface area is 88.1 Å².